The number of rotatable bonds is 8. The molecule has 25 heavy (non-hydrogen) atoms. The van der Waals surface area contributed by atoms with E-state index in [2.05, 4.69) is 20.3 Å². The number of hydrogen-bond acceptors (Lipinski definition) is 4. The van der Waals surface area contributed by atoms with E-state index in [9.17, 15) is 13.6 Å². The Bertz CT molecular complexity index is 526. The minimum absolute atomic E-state index is 0. The normalized spacial score (nSPS) is 15.7. The molecular weight excluding hydrogens is 352 g/mol. The molecule has 1 amide bonds. The molecule has 1 aliphatic rings. The molecule has 1 saturated heterocycles. The molecule has 2 N–H and O–H groups in total. The second-order valence-corrected chi connectivity index (χ2v) is 6.03. The lowest BCUT2D eigenvalue weighted by molar-refractivity contribution is -0.117. The van der Waals surface area contributed by atoms with Crippen molar-refractivity contribution >= 4 is 24.0 Å². The molecule has 1 fully saturated rings. The first-order valence-corrected chi connectivity index (χ1v) is 8.29. The summed E-state index contributed by atoms with van der Waals surface area (Å²) in [4.78, 5) is 14.3. The minimum Gasteiger partial charge on any atom is -0.433 e. The summed E-state index contributed by atoms with van der Waals surface area (Å²) in [5.74, 6) is 0.470. The van der Waals surface area contributed by atoms with Gasteiger partial charge in [-0.1, -0.05) is 12.1 Å². The van der Waals surface area contributed by atoms with E-state index in [1.807, 2.05) is 7.05 Å². The number of carbonyl (C=O) groups is 1. The van der Waals surface area contributed by atoms with Gasteiger partial charge in [-0.25, -0.2) is 0 Å². The van der Waals surface area contributed by atoms with Gasteiger partial charge in [-0.2, -0.15) is 8.78 Å². The van der Waals surface area contributed by atoms with Gasteiger partial charge in [0.25, 0.3) is 0 Å². The van der Waals surface area contributed by atoms with Gasteiger partial charge < -0.3 is 15.4 Å². The third kappa shape index (κ3) is 7.54. The molecule has 0 bridgehead atoms. The summed E-state index contributed by atoms with van der Waals surface area (Å²) in [7, 11) is 1.95. The van der Waals surface area contributed by atoms with E-state index in [1.165, 1.54) is 6.07 Å². The number of nitrogens with zero attached hydrogens (tertiary/aromatic N) is 1. The van der Waals surface area contributed by atoms with Crippen LogP contribution in [-0.4, -0.2) is 50.6 Å². The van der Waals surface area contributed by atoms with Gasteiger partial charge in [-0.15, -0.1) is 12.4 Å². The van der Waals surface area contributed by atoms with Crippen LogP contribution in [0.1, 0.15) is 19.3 Å². The Balaban J connectivity index is 0.00000312. The van der Waals surface area contributed by atoms with Crippen molar-refractivity contribution < 1.29 is 18.3 Å². The van der Waals surface area contributed by atoms with Crippen LogP contribution in [0.4, 0.5) is 14.5 Å². The second-order valence-electron chi connectivity index (χ2n) is 6.03. The van der Waals surface area contributed by atoms with Crippen molar-refractivity contribution in [3.63, 3.8) is 0 Å². The summed E-state index contributed by atoms with van der Waals surface area (Å²) in [6, 6.07) is 6.22. The number of para-hydroxylation sites is 2. The van der Waals surface area contributed by atoms with Crippen LogP contribution in [0, 0.1) is 5.92 Å². The smallest absolute Gasteiger partial charge is 0.387 e. The summed E-state index contributed by atoms with van der Waals surface area (Å²) in [5, 5.41) is 5.82. The quantitative estimate of drug-likeness (QED) is 0.731. The van der Waals surface area contributed by atoms with Crippen molar-refractivity contribution in [3.8, 4) is 5.75 Å². The molecule has 0 atom stereocenters. The van der Waals surface area contributed by atoms with Crippen molar-refractivity contribution in [2.45, 2.75) is 25.9 Å². The lowest BCUT2D eigenvalue weighted by Crippen LogP contribution is -2.39. The van der Waals surface area contributed by atoms with E-state index in [0.29, 0.717) is 5.92 Å². The average molecular weight is 378 g/mol. The molecule has 1 heterocycles. The zero-order valence-electron chi connectivity index (χ0n) is 14.3. The Morgan fingerprint density at radius 2 is 2.00 bits per heavy atom. The first kappa shape index (κ1) is 21.6. The van der Waals surface area contributed by atoms with Gasteiger partial charge in [0.15, 0.2) is 0 Å². The van der Waals surface area contributed by atoms with Gasteiger partial charge in [0, 0.05) is 0 Å². The highest BCUT2D eigenvalue weighted by Gasteiger charge is 2.21. The van der Waals surface area contributed by atoms with Crippen molar-refractivity contribution in [1.82, 2.24) is 10.2 Å². The van der Waals surface area contributed by atoms with E-state index in [-0.39, 0.29) is 36.3 Å². The standard InChI is InChI=1S/C17H25F2N3O2.ClH/c1-20-9-6-13-7-10-22(11-8-13)12-16(23)21-14-4-2-3-5-15(14)24-17(18)19;/h2-5,13,17,20H,6-12H2,1H3,(H,21,23);1H. The molecule has 0 aromatic heterocycles. The molecule has 8 heteroatoms. The molecular formula is C17H26ClF2N3O2. The monoisotopic (exact) mass is 377 g/mol. The highest BCUT2D eigenvalue weighted by Crippen LogP contribution is 2.25. The molecule has 142 valence electrons. The SMILES string of the molecule is CNCCC1CCN(CC(=O)Nc2ccccc2OC(F)F)CC1.Cl. The van der Waals surface area contributed by atoms with Crippen LogP contribution in [0.5, 0.6) is 5.75 Å². The first-order chi connectivity index (χ1) is 11.6. The van der Waals surface area contributed by atoms with Crippen LogP contribution < -0.4 is 15.4 Å². The van der Waals surface area contributed by atoms with Crippen LogP contribution in [0.25, 0.3) is 0 Å². The number of piperidine rings is 1. The van der Waals surface area contributed by atoms with E-state index >= 15 is 0 Å². The highest BCUT2D eigenvalue weighted by atomic mass is 35.5. The molecule has 1 aromatic carbocycles. The number of hydrogen-bond donors (Lipinski definition) is 2. The average Bonchev–Trinajstić information content (AvgIpc) is 2.55. The van der Waals surface area contributed by atoms with E-state index in [1.54, 1.807) is 18.2 Å². The van der Waals surface area contributed by atoms with Gasteiger partial charge in [-0.3, -0.25) is 9.69 Å². The van der Waals surface area contributed by atoms with Crippen molar-refractivity contribution in [3.05, 3.63) is 24.3 Å². The third-order valence-corrected chi connectivity index (χ3v) is 4.25. The lowest BCUT2D eigenvalue weighted by Gasteiger charge is -2.31. The second kappa shape index (κ2) is 11.2. The molecule has 5 nitrogen and oxygen atoms in total. The van der Waals surface area contributed by atoms with Gasteiger partial charge in [0.05, 0.1) is 12.2 Å². The van der Waals surface area contributed by atoms with Crippen LogP contribution in [0.3, 0.4) is 0 Å². The summed E-state index contributed by atoms with van der Waals surface area (Å²) < 4.78 is 29.2. The van der Waals surface area contributed by atoms with Crippen LogP contribution in [-0.2, 0) is 4.79 Å². The van der Waals surface area contributed by atoms with E-state index < -0.39 is 6.61 Å². The van der Waals surface area contributed by atoms with Gasteiger partial charge >= 0.3 is 6.61 Å². The van der Waals surface area contributed by atoms with Crippen molar-refractivity contribution in [1.29, 1.82) is 0 Å². The van der Waals surface area contributed by atoms with Crippen LogP contribution in [0.2, 0.25) is 0 Å². The highest BCUT2D eigenvalue weighted by molar-refractivity contribution is 5.93. The maximum atomic E-state index is 12.4. The number of alkyl halides is 2. The summed E-state index contributed by atoms with van der Waals surface area (Å²) in [5.41, 5.74) is 0.270. The number of nitrogens with one attached hydrogen (secondary N) is 2. The van der Waals surface area contributed by atoms with E-state index in [4.69, 9.17) is 0 Å². The van der Waals surface area contributed by atoms with Crippen molar-refractivity contribution in [2.75, 3.05) is 38.5 Å². The molecule has 1 aliphatic heterocycles. The number of benzene rings is 1. The van der Waals surface area contributed by atoms with E-state index in [0.717, 1.165) is 38.9 Å². The Kier molecular flexibility index (Phi) is 9.70. The molecule has 0 saturated carbocycles. The Morgan fingerprint density at radius 1 is 1.32 bits per heavy atom. The fourth-order valence-corrected chi connectivity index (χ4v) is 2.94. The number of amides is 1. The van der Waals surface area contributed by atoms with Gasteiger partial charge in [0.2, 0.25) is 5.91 Å². The number of likely N-dealkylation sites (tertiary alicyclic amines) is 1. The number of anilines is 1. The number of carbonyl (C=O) groups excluding carboxylic acids is 1. The van der Waals surface area contributed by atoms with Crippen LogP contribution >= 0.6 is 12.4 Å². The largest absolute Gasteiger partial charge is 0.433 e. The number of halogens is 3. The summed E-state index contributed by atoms with van der Waals surface area (Å²) in [6.07, 6.45) is 3.33. The third-order valence-electron chi connectivity index (χ3n) is 4.25. The molecule has 2 rings (SSSR count). The predicted octanol–water partition coefficient (Wildman–Crippen LogP) is 2.97. The fraction of sp³-hybridized carbons (Fsp3) is 0.588. The Morgan fingerprint density at radius 3 is 2.64 bits per heavy atom. The predicted molar refractivity (Wildman–Crippen MR) is 96.7 cm³/mol. The Hall–Kier alpha value is -1.44. The fourth-order valence-electron chi connectivity index (χ4n) is 2.94. The lowest BCUT2D eigenvalue weighted by atomic mass is 9.93. The zero-order valence-corrected chi connectivity index (χ0v) is 15.2. The topological polar surface area (TPSA) is 53.6 Å². The zero-order chi connectivity index (χ0) is 17.4. The maximum Gasteiger partial charge on any atom is 0.387 e. The minimum atomic E-state index is -2.92. The molecule has 0 unspecified atom stereocenters. The number of ether oxygens (including phenoxy) is 1. The molecule has 0 spiro atoms. The van der Waals surface area contributed by atoms with Gasteiger partial charge in [0.1, 0.15) is 5.75 Å². The molecule has 0 aliphatic carbocycles. The molecule has 0 radical (unpaired) electrons. The maximum absolute atomic E-state index is 12.4. The summed E-state index contributed by atoms with van der Waals surface area (Å²) >= 11 is 0. The summed E-state index contributed by atoms with van der Waals surface area (Å²) in [6.45, 7) is 0.140. The Labute approximate surface area is 153 Å². The molecule has 1 aromatic rings. The van der Waals surface area contributed by atoms with Crippen molar-refractivity contribution in [2.24, 2.45) is 5.92 Å². The van der Waals surface area contributed by atoms with Crippen LogP contribution in [0.15, 0.2) is 24.3 Å². The first-order valence-electron chi connectivity index (χ1n) is 8.29. The van der Waals surface area contributed by atoms with Gasteiger partial charge in [-0.05, 0) is 64.0 Å².